The number of anilines is 1. The number of hydrogen-bond acceptors (Lipinski definition) is 4. The van der Waals surface area contributed by atoms with Gasteiger partial charge in [-0.15, -0.1) is 0 Å². The first-order chi connectivity index (χ1) is 13.0. The third-order valence-electron chi connectivity index (χ3n) is 3.75. The van der Waals surface area contributed by atoms with E-state index in [0.717, 1.165) is 11.3 Å². The molecule has 0 aromatic heterocycles. The lowest BCUT2D eigenvalue weighted by Gasteiger charge is -2.12. The molecule has 0 aliphatic rings. The second-order valence-electron chi connectivity index (χ2n) is 6.66. The molecule has 2 amide bonds. The summed E-state index contributed by atoms with van der Waals surface area (Å²) in [7, 11) is 0. The van der Waals surface area contributed by atoms with Crippen LogP contribution in [0, 0.1) is 5.92 Å². The van der Waals surface area contributed by atoms with Crippen molar-refractivity contribution in [1.29, 1.82) is 0 Å². The third-order valence-corrected chi connectivity index (χ3v) is 3.75. The van der Waals surface area contributed by atoms with Gasteiger partial charge in [0.25, 0.3) is 5.91 Å². The van der Waals surface area contributed by atoms with Crippen LogP contribution in [-0.4, -0.2) is 31.5 Å². The van der Waals surface area contributed by atoms with Crippen LogP contribution in [0.4, 0.5) is 5.69 Å². The standard InChI is InChI=1S/C21H27N3O3/c1-15(2)14-27-17-9-7-16(8-10-17)13-20(25)24-19-6-4-3-5-18(19)21(26)23-12-11-22/h3-10,15H,11-14,22H2,1-2H3,(H,23,26)(H,24,25). The highest BCUT2D eigenvalue weighted by Gasteiger charge is 2.13. The Hall–Kier alpha value is -2.86. The molecule has 2 rings (SSSR count). The number of hydrogen-bond donors (Lipinski definition) is 3. The summed E-state index contributed by atoms with van der Waals surface area (Å²) < 4.78 is 5.64. The molecule has 6 heteroatoms. The highest BCUT2D eigenvalue weighted by molar-refractivity contribution is 6.04. The first kappa shape index (κ1) is 20.5. The lowest BCUT2D eigenvalue weighted by atomic mass is 10.1. The van der Waals surface area contributed by atoms with Crippen LogP contribution in [0.25, 0.3) is 0 Å². The van der Waals surface area contributed by atoms with Crippen molar-refractivity contribution in [3.05, 3.63) is 59.7 Å². The number of ether oxygens (including phenoxy) is 1. The van der Waals surface area contributed by atoms with Gasteiger partial charge in [0.15, 0.2) is 0 Å². The Bertz CT molecular complexity index is 758. The molecule has 0 saturated carbocycles. The molecule has 27 heavy (non-hydrogen) atoms. The lowest BCUT2D eigenvalue weighted by Crippen LogP contribution is -2.30. The number of benzene rings is 2. The van der Waals surface area contributed by atoms with Crippen LogP contribution >= 0.6 is 0 Å². The van der Waals surface area contributed by atoms with E-state index in [1.54, 1.807) is 24.3 Å². The van der Waals surface area contributed by atoms with E-state index >= 15 is 0 Å². The number of rotatable bonds is 9. The van der Waals surface area contributed by atoms with E-state index in [2.05, 4.69) is 24.5 Å². The predicted octanol–water partition coefficient (Wildman–Crippen LogP) is 2.59. The minimum atomic E-state index is -0.261. The Morgan fingerprint density at radius 2 is 1.78 bits per heavy atom. The van der Waals surface area contributed by atoms with Crippen molar-refractivity contribution in [1.82, 2.24) is 5.32 Å². The van der Waals surface area contributed by atoms with Crippen molar-refractivity contribution in [2.24, 2.45) is 11.7 Å². The molecule has 0 heterocycles. The maximum Gasteiger partial charge on any atom is 0.253 e. The first-order valence-electron chi connectivity index (χ1n) is 9.08. The molecular formula is C21H27N3O3. The molecule has 0 aliphatic carbocycles. The summed E-state index contributed by atoms with van der Waals surface area (Å²) in [6.07, 6.45) is 0.212. The van der Waals surface area contributed by atoms with Crippen molar-refractivity contribution in [3.8, 4) is 5.75 Å². The van der Waals surface area contributed by atoms with E-state index in [4.69, 9.17) is 10.5 Å². The van der Waals surface area contributed by atoms with Crippen molar-refractivity contribution < 1.29 is 14.3 Å². The van der Waals surface area contributed by atoms with Gasteiger partial charge in [-0.05, 0) is 35.7 Å². The molecule has 0 aliphatic heterocycles. The van der Waals surface area contributed by atoms with E-state index < -0.39 is 0 Å². The van der Waals surface area contributed by atoms with Gasteiger partial charge in [0.2, 0.25) is 5.91 Å². The van der Waals surface area contributed by atoms with Crippen LogP contribution in [0.2, 0.25) is 0 Å². The smallest absolute Gasteiger partial charge is 0.253 e. The zero-order valence-electron chi connectivity index (χ0n) is 15.8. The van der Waals surface area contributed by atoms with Crippen molar-refractivity contribution in [2.75, 3.05) is 25.0 Å². The molecular weight excluding hydrogens is 342 g/mol. The van der Waals surface area contributed by atoms with Crippen LogP contribution in [0.5, 0.6) is 5.75 Å². The largest absolute Gasteiger partial charge is 0.493 e. The Morgan fingerprint density at radius 1 is 1.07 bits per heavy atom. The lowest BCUT2D eigenvalue weighted by molar-refractivity contribution is -0.115. The average Bonchev–Trinajstić information content (AvgIpc) is 2.66. The average molecular weight is 369 g/mol. The molecule has 0 unspecified atom stereocenters. The van der Waals surface area contributed by atoms with Gasteiger partial charge < -0.3 is 21.1 Å². The minimum absolute atomic E-state index is 0.190. The summed E-state index contributed by atoms with van der Waals surface area (Å²) in [6.45, 7) is 5.58. The normalized spacial score (nSPS) is 10.5. The molecule has 0 saturated heterocycles. The maximum absolute atomic E-state index is 12.4. The second kappa shape index (κ2) is 10.3. The fourth-order valence-corrected chi connectivity index (χ4v) is 2.42. The topological polar surface area (TPSA) is 93.4 Å². The van der Waals surface area contributed by atoms with Gasteiger partial charge in [-0.3, -0.25) is 9.59 Å². The summed E-state index contributed by atoms with van der Waals surface area (Å²) in [5.41, 5.74) is 7.17. The molecule has 4 N–H and O–H groups in total. The molecule has 144 valence electrons. The Kier molecular flexibility index (Phi) is 7.82. The summed E-state index contributed by atoms with van der Waals surface area (Å²) in [5, 5.41) is 5.52. The van der Waals surface area contributed by atoms with Crippen LogP contribution in [0.3, 0.4) is 0 Å². The summed E-state index contributed by atoms with van der Waals surface area (Å²) >= 11 is 0. The quantitative estimate of drug-likeness (QED) is 0.633. The van der Waals surface area contributed by atoms with E-state index in [0.29, 0.717) is 36.9 Å². The highest BCUT2D eigenvalue weighted by atomic mass is 16.5. The summed E-state index contributed by atoms with van der Waals surface area (Å²) in [6, 6.07) is 14.4. The van der Waals surface area contributed by atoms with Crippen molar-refractivity contribution in [2.45, 2.75) is 20.3 Å². The fourth-order valence-electron chi connectivity index (χ4n) is 2.42. The zero-order valence-corrected chi connectivity index (χ0v) is 15.8. The molecule has 0 spiro atoms. The van der Waals surface area contributed by atoms with Crippen LogP contribution < -0.4 is 21.1 Å². The third kappa shape index (κ3) is 6.75. The Morgan fingerprint density at radius 3 is 2.44 bits per heavy atom. The van der Waals surface area contributed by atoms with E-state index in [1.165, 1.54) is 0 Å². The van der Waals surface area contributed by atoms with Crippen LogP contribution in [0.15, 0.2) is 48.5 Å². The zero-order chi connectivity index (χ0) is 19.6. The number of para-hydroxylation sites is 1. The molecule has 2 aromatic carbocycles. The molecule has 0 fully saturated rings. The Balaban J connectivity index is 1.97. The number of amides is 2. The van der Waals surface area contributed by atoms with Crippen molar-refractivity contribution >= 4 is 17.5 Å². The Labute approximate surface area is 160 Å². The monoisotopic (exact) mass is 369 g/mol. The van der Waals surface area contributed by atoms with Gasteiger partial charge in [0, 0.05) is 13.1 Å². The van der Waals surface area contributed by atoms with Gasteiger partial charge in [0.05, 0.1) is 24.3 Å². The summed E-state index contributed by atoms with van der Waals surface area (Å²) in [5.74, 6) is 0.792. The SMILES string of the molecule is CC(C)COc1ccc(CC(=O)Nc2ccccc2C(=O)NCCN)cc1. The fraction of sp³-hybridized carbons (Fsp3) is 0.333. The maximum atomic E-state index is 12.4. The molecule has 2 aromatic rings. The van der Waals surface area contributed by atoms with Crippen molar-refractivity contribution in [3.63, 3.8) is 0 Å². The number of carbonyl (C=O) groups excluding carboxylic acids is 2. The number of nitrogens with two attached hydrogens (primary N) is 1. The minimum Gasteiger partial charge on any atom is -0.493 e. The van der Waals surface area contributed by atoms with Gasteiger partial charge >= 0.3 is 0 Å². The van der Waals surface area contributed by atoms with E-state index in [-0.39, 0.29) is 18.2 Å². The molecule has 0 radical (unpaired) electrons. The first-order valence-corrected chi connectivity index (χ1v) is 9.08. The molecule has 6 nitrogen and oxygen atoms in total. The van der Waals surface area contributed by atoms with E-state index in [1.807, 2.05) is 24.3 Å². The highest BCUT2D eigenvalue weighted by Crippen LogP contribution is 2.17. The van der Waals surface area contributed by atoms with Gasteiger partial charge in [-0.25, -0.2) is 0 Å². The van der Waals surface area contributed by atoms with Crippen LogP contribution in [0.1, 0.15) is 29.8 Å². The number of nitrogens with one attached hydrogen (secondary N) is 2. The molecule has 0 bridgehead atoms. The predicted molar refractivity (Wildman–Crippen MR) is 107 cm³/mol. The van der Waals surface area contributed by atoms with Gasteiger partial charge in [-0.2, -0.15) is 0 Å². The van der Waals surface area contributed by atoms with E-state index in [9.17, 15) is 9.59 Å². The number of carbonyl (C=O) groups is 2. The molecule has 0 atom stereocenters. The van der Waals surface area contributed by atoms with Gasteiger partial charge in [-0.1, -0.05) is 38.1 Å². The van der Waals surface area contributed by atoms with Crippen LogP contribution in [-0.2, 0) is 11.2 Å². The van der Waals surface area contributed by atoms with Gasteiger partial charge in [0.1, 0.15) is 5.75 Å². The summed E-state index contributed by atoms with van der Waals surface area (Å²) in [4.78, 5) is 24.6. The second-order valence-corrected chi connectivity index (χ2v) is 6.66.